The van der Waals surface area contributed by atoms with Crippen molar-refractivity contribution in [3.63, 3.8) is 0 Å². The molecule has 1 amide bonds. The van der Waals surface area contributed by atoms with Crippen molar-refractivity contribution in [2.24, 2.45) is 0 Å². The zero-order chi connectivity index (χ0) is 18.8. The van der Waals surface area contributed by atoms with Crippen LogP contribution in [0.5, 0.6) is 0 Å². The van der Waals surface area contributed by atoms with Crippen LogP contribution >= 0.6 is 0 Å². The topological polar surface area (TPSA) is 49.4 Å². The number of carbonyl (C=O) groups is 2. The summed E-state index contributed by atoms with van der Waals surface area (Å²) in [6.45, 7) is 7.24. The molecule has 0 heterocycles. The zero-order valence-corrected chi connectivity index (χ0v) is 15.7. The summed E-state index contributed by atoms with van der Waals surface area (Å²) in [6, 6.07) is 16.6. The Bertz CT molecular complexity index is 713. The van der Waals surface area contributed by atoms with E-state index in [4.69, 9.17) is 0 Å². The SMILES string of the molecule is CCCCN(CC)Cc1cccc(C(=O)NCC(=O)c2ccccc2)c1. The summed E-state index contributed by atoms with van der Waals surface area (Å²) >= 11 is 0. The second-order valence-corrected chi connectivity index (χ2v) is 6.39. The van der Waals surface area contributed by atoms with Crippen molar-refractivity contribution >= 4 is 11.7 Å². The highest BCUT2D eigenvalue weighted by molar-refractivity contribution is 6.02. The van der Waals surface area contributed by atoms with E-state index < -0.39 is 0 Å². The first-order valence-electron chi connectivity index (χ1n) is 9.31. The van der Waals surface area contributed by atoms with Gasteiger partial charge in [-0.25, -0.2) is 0 Å². The van der Waals surface area contributed by atoms with E-state index in [2.05, 4.69) is 24.1 Å². The van der Waals surface area contributed by atoms with Crippen LogP contribution in [0.2, 0.25) is 0 Å². The lowest BCUT2D eigenvalue weighted by Crippen LogP contribution is -2.29. The molecular formula is C22H28N2O2. The van der Waals surface area contributed by atoms with E-state index >= 15 is 0 Å². The Morgan fingerprint density at radius 2 is 1.69 bits per heavy atom. The second kappa shape index (κ2) is 10.5. The number of Topliss-reactive ketones (excluding diaryl/α,β-unsaturated/α-hetero) is 1. The summed E-state index contributed by atoms with van der Waals surface area (Å²) in [6.07, 6.45) is 2.35. The quantitative estimate of drug-likeness (QED) is 0.659. The molecule has 0 saturated carbocycles. The van der Waals surface area contributed by atoms with Crippen LogP contribution in [0.15, 0.2) is 54.6 Å². The third-order valence-electron chi connectivity index (χ3n) is 4.38. The molecule has 2 aromatic rings. The largest absolute Gasteiger partial charge is 0.345 e. The molecule has 0 atom stereocenters. The first-order valence-corrected chi connectivity index (χ1v) is 9.31. The van der Waals surface area contributed by atoms with Crippen LogP contribution in [0.1, 0.15) is 53.0 Å². The summed E-state index contributed by atoms with van der Waals surface area (Å²) in [5.41, 5.74) is 2.32. The van der Waals surface area contributed by atoms with Gasteiger partial charge in [-0.3, -0.25) is 14.5 Å². The van der Waals surface area contributed by atoms with Gasteiger partial charge in [-0.05, 0) is 37.2 Å². The van der Waals surface area contributed by atoms with Crippen LogP contribution < -0.4 is 5.32 Å². The molecule has 0 aliphatic carbocycles. The van der Waals surface area contributed by atoms with Crippen molar-refractivity contribution in [2.75, 3.05) is 19.6 Å². The number of hydrogen-bond donors (Lipinski definition) is 1. The van der Waals surface area contributed by atoms with Gasteiger partial charge in [0.15, 0.2) is 5.78 Å². The van der Waals surface area contributed by atoms with Crippen molar-refractivity contribution in [2.45, 2.75) is 33.2 Å². The lowest BCUT2D eigenvalue weighted by Gasteiger charge is -2.20. The Balaban J connectivity index is 1.93. The Morgan fingerprint density at radius 3 is 2.38 bits per heavy atom. The summed E-state index contributed by atoms with van der Waals surface area (Å²) in [5.74, 6) is -0.306. The fourth-order valence-electron chi connectivity index (χ4n) is 2.79. The third kappa shape index (κ3) is 6.12. The van der Waals surface area contributed by atoms with Gasteiger partial charge in [0.05, 0.1) is 6.54 Å². The number of hydrogen-bond acceptors (Lipinski definition) is 3. The molecule has 0 radical (unpaired) electrons. The smallest absolute Gasteiger partial charge is 0.251 e. The maximum absolute atomic E-state index is 12.4. The van der Waals surface area contributed by atoms with Crippen LogP contribution in [-0.4, -0.2) is 36.2 Å². The first kappa shape index (κ1) is 19.9. The molecule has 0 unspecified atom stereocenters. The van der Waals surface area contributed by atoms with Gasteiger partial charge < -0.3 is 5.32 Å². The number of carbonyl (C=O) groups excluding carboxylic acids is 2. The van der Waals surface area contributed by atoms with Gasteiger partial charge in [-0.2, -0.15) is 0 Å². The predicted molar refractivity (Wildman–Crippen MR) is 105 cm³/mol. The van der Waals surface area contributed by atoms with Crippen LogP contribution in [-0.2, 0) is 6.54 Å². The Kier molecular flexibility index (Phi) is 8.03. The van der Waals surface area contributed by atoms with Crippen LogP contribution in [0, 0.1) is 0 Å². The number of rotatable bonds is 10. The highest BCUT2D eigenvalue weighted by atomic mass is 16.2. The molecule has 0 aromatic heterocycles. The molecule has 4 heteroatoms. The number of amides is 1. The molecule has 0 bridgehead atoms. The number of unbranched alkanes of at least 4 members (excludes halogenated alkanes) is 1. The van der Waals surface area contributed by atoms with E-state index in [1.54, 1.807) is 18.2 Å². The molecule has 4 nitrogen and oxygen atoms in total. The molecule has 138 valence electrons. The number of benzene rings is 2. The van der Waals surface area contributed by atoms with Gasteiger partial charge in [0.25, 0.3) is 5.91 Å². The van der Waals surface area contributed by atoms with Gasteiger partial charge in [-0.15, -0.1) is 0 Å². The van der Waals surface area contributed by atoms with Crippen LogP contribution in [0.3, 0.4) is 0 Å². The van der Waals surface area contributed by atoms with Gasteiger partial charge in [0, 0.05) is 17.7 Å². The fourth-order valence-corrected chi connectivity index (χ4v) is 2.79. The molecular weight excluding hydrogens is 324 g/mol. The van der Waals surface area contributed by atoms with Crippen LogP contribution in [0.25, 0.3) is 0 Å². The van der Waals surface area contributed by atoms with E-state index in [1.807, 2.05) is 36.4 Å². The minimum atomic E-state index is -0.215. The Morgan fingerprint density at radius 1 is 0.962 bits per heavy atom. The minimum absolute atomic E-state index is 0.00462. The van der Waals surface area contributed by atoms with Crippen molar-refractivity contribution in [1.29, 1.82) is 0 Å². The van der Waals surface area contributed by atoms with Crippen molar-refractivity contribution in [1.82, 2.24) is 10.2 Å². The van der Waals surface area contributed by atoms with E-state index in [9.17, 15) is 9.59 Å². The van der Waals surface area contributed by atoms with E-state index in [0.717, 1.165) is 25.2 Å². The van der Waals surface area contributed by atoms with E-state index in [0.29, 0.717) is 11.1 Å². The maximum Gasteiger partial charge on any atom is 0.251 e. The Labute approximate surface area is 156 Å². The lowest BCUT2D eigenvalue weighted by atomic mass is 10.1. The number of nitrogens with one attached hydrogen (secondary N) is 1. The minimum Gasteiger partial charge on any atom is -0.345 e. The molecule has 0 aliphatic rings. The normalized spacial score (nSPS) is 10.7. The monoisotopic (exact) mass is 352 g/mol. The van der Waals surface area contributed by atoms with Crippen molar-refractivity contribution < 1.29 is 9.59 Å². The highest BCUT2D eigenvalue weighted by Crippen LogP contribution is 2.10. The molecule has 26 heavy (non-hydrogen) atoms. The standard InChI is InChI=1S/C22H28N2O2/c1-3-5-14-24(4-2)17-18-10-9-13-20(15-18)22(26)23-16-21(25)19-11-7-6-8-12-19/h6-13,15H,3-5,14,16-17H2,1-2H3,(H,23,26). The van der Waals surface area contributed by atoms with Crippen molar-refractivity contribution in [3.05, 3.63) is 71.3 Å². The maximum atomic E-state index is 12.4. The molecule has 0 spiro atoms. The average Bonchev–Trinajstić information content (AvgIpc) is 2.69. The van der Waals surface area contributed by atoms with E-state index in [-0.39, 0.29) is 18.2 Å². The fraction of sp³-hybridized carbons (Fsp3) is 0.364. The molecule has 0 aliphatic heterocycles. The highest BCUT2D eigenvalue weighted by Gasteiger charge is 2.11. The zero-order valence-electron chi connectivity index (χ0n) is 15.7. The van der Waals surface area contributed by atoms with Crippen molar-refractivity contribution in [3.8, 4) is 0 Å². The van der Waals surface area contributed by atoms with E-state index in [1.165, 1.54) is 12.8 Å². The predicted octanol–water partition coefficient (Wildman–Crippen LogP) is 3.92. The van der Waals surface area contributed by atoms with Gasteiger partial charge in [0.2, 0.25) is 0 Å². The summed E-state index contributed by atoms with van der Waals surface area (Å²) in [4.78, 5) is 26.9. The molecule has 2 rings (SSSR count). The number of nitrogens with zero attached hydrogens (tertiary/aromatic N) is 1. The lowest BCUT2D eigenvalue weighted by molar-refractivity contribution is 0.0904. The molecule has 0 fully saturated rings. The summed E-state index contributed by atoms with van der Waals surface area (Å²) in [5, 5.41) is 2.72. The molecule has 2 aromatic carbocycles. The van der Waals surface area contributed by atoms with Crippen LogP contribution in [0.4, 0.5) is 0 Å². The Hall–Kier alpha value is -2.46. The molecule has 0 saturated heterocycles. The summed E-state index contributed by atoms with van der Waals surface area (Å²) in [7, 11) is 0. The first-order chi connectivity index (χ1) is 12.6. The summed E-state index contributed by atoms with van der Waals surface area (Å²) < 4.78 is 0. The average molecular weight is 352 g/mol. The van der Waals surface area contributed by atoms with Gasteiger partial charge >= 0.3 is 0 Å². The number of ketones is 1. The van der Waals surface area contributed by atoms with Gasteiger partial charge in [-0.1, -0.05) is 62.7 Å². The van der Waals surface area contributed by atoms with Gasteiger partial charge in [0.1, 0.15) is 0 Å². The molecule has 1 N–H and O–H groups in total. The second-order valence-electron chi connectivity index (χ2n) is 6.39. The third-order valence-corrected chi connectivity index (χ3v) is 4.38.